The Morgan fingerprint density at radius 2 is 1.90 bits per heavy atom. The third kappa shape index (κ3) is 2.93. The number of alkyl halides is 2. The van der Waals surface area contributed by atoms with Crippen LogP contribution in [0.3, 0.4) is 0 Å². The van der Waals surface area contributed by atoms with Crippen molar-refractivity contribution in [3.63, 3.8) is 0 Å². The van der Waals surface area contributed by atoms with E-state index in [1.807, 2.05) is 24.3 Å². The Kier molecular flexibility index (Phi) is 3.69. The first kappa shape index (κ1) is 14.4. The van der Waals surface area contributed by atoms with E-state index in [1.54, 1.807) is 0 Å². The van der Waals surface area contributed by atoms with Gasteiger partial charge in [0, 0.05) is 25.2 Å². The predicted octanol–water partition coefficient (Wildman–Crippen LogP) is 2.59. The molecule has 0 unspecified atom stereocenters. The van der Waals surface area contributed by atoms with Crippen molar-refractivity contribution < 1.29 is 18.7 Å². The van der Waals surface area contributed by atoms with Gasteiger partial charge in [-0.2, -0.15) is 0 Å². The number of rotatable bonds is 2. The molecule has 0 aromatic heterocycles. The highest BCUT2D eigenvalue weighted by Crippen LogP contribution is 2.37. The quantitative estimate of drug-likeness (QED) is 0.881. The minimum absolute atomic E-state index is 0.212. The van der Waals surface area contributed by atoms with Gasteiger partial charge < -0.3 is 10.4 Å². The van der Waals surface area contributed by atoms with E-state index in [0.717, 1.165) is 11.1 Å². The molecular weight excluding hydrogens is 276 g/mol. The predicted molar refractivity (Wildman–Crippen MR) is 73.9 cm³/mol. The molecule has 0 bridgehead atoms. The number of amides is 1. The third-order valence-corrected chi connectivity index (χ3v) is 4.59. The first-order valence-corrected chi connectivity index (χ1v) is 7.40. The molecule has 1 amide bonds. The number of aliphatic hydroxyl groups excluding tert-OH is 1. The molecule has 3 nitrogen and oxygen atoms in total. The molecule has 0 saturated heterocycles. The maximum Gasteiger partial charge on any atom is 0.248 e. The fourth-order valence-electron chi connectivity index (χ4n) is 3.32. The minimum atomic E-state index is -2.63. The highest BCUT2D eigenvalue weighted by atomic mass is 19.3. The van der Waals surface area contributed by atoms with Crippen molar-refractivity contribution in [3.05, 3.63) is 35.4 Å². The molecule has 21 heavy (non-hydrogen) atoms. The largest absolute Gasteiger partial charge is 0.390 e. The summed E-state index contributed by atoms with van der Waals surface area (Å²) < 4.78 is 26.3. The number of fused-ring (bicyclic) bond motifs is 1. The van der Waals surface area contributed by atoms with Crippen LogP contribution < -0.4 is 5.32 Å². The molecular formula is C16H19F2NO2. The minimum Gasteiger partial charge on any atom is -0.390 e. The maximum absolute atomic E-state index is 13.1. The molecule has 2 aliphatic rings. The Labute approximate surface area is 122 Å². The molecule has 1 aromatic carbocycles. The van der Waals surface area contributed by atoms with Gasteiger partial charge in [-0.25, -0.2) is 8.78 Å². The van der Waals surface area contributed by atoms with Gasteiger partial charge in [0.15, 0.2) is 0 Å². The second-order valence-corrected chi connectivity index (χ2v) is 6.09. The average Bonchev–Trinajstić information content (AvgIpc) is 2.75. The lowest BCUT2D eigenvalue weighted by atomic mass is 9.86. The first-order chi connectivity index (χ1) is 9.96. The summed E-state index contributed by atoms with van der Waals surface area (Å²) in [5, 5.41) is 13.0. The van der Waals surface area contributed by atoms with Gasteiger partial charge in [0.2, 0.25) is 11.8 Å². The molecule has 1 aromatic rings. The van der Waals surface area contributed by atoms with Gasteiger partial charge in [-0.3, -0.25) is 4.79 Å². The zero-order chi connectivity index (χ0) is 15.0. The van der Waals surface area contributed by atoms with Crippen molar-refractivity contribution >= 4 is 5.91 Å². The van der Waals surface area contributed by atoms with Crippen LogP contribution in [-0.2, 0) is 11.2 Å². The molecule has 1 saturated carbocycles. The fourth-order valence-corrected chi connectivity index (χ4v) is 3.32. The molecule has 5 heteroatoms. The van der Waals surface area contributed by atoms with Gasteiger partial charge in [0.25, 0.3) is 0 Å². The van der Waals surface area contributed by atoms with E-state index in [2.05, 4.69) is 5.32 Å². The van der Waals surface area contributed by atoms with E-state index in [4.69, 9.17) is 0 Å². The second kappa shape index (κ2) is 5.37. The van der Waals surface area contributed by atoms with E-state index in [-0.39, 0.29) is 37.5 Å². The monoisotopic (exact) mass is 295 g/mol. The van der Waals surface area contributed by atoms with Crippen LogP contribution in [0.4, 0.5) is 8.78 Å². The lowest BCUT2D eigenvalue weighted by molar-refractivity contribution is -0.130. The fraction of sp³-hybridized carbons (Fsp3) is 0.562. The van der Waals surface area contributed by atoms with Crippen LogP contribution in [0.15, 0.2) is 24.3 Å². The van der Waals surface area contributed by atoms with Gasteiger partial charge in [0.1, 0.15) is 0 Å². The SMILES string of the molecule is O=C(N[C@@H]1c2ccccc2C[C@@H]1O)C1CCC(F)(F)CC1. The summed E-state index contributed by atoms with van der Waals surface area (Å²) in [6.07, 6.45) is -0.156. The van der Waals surface area contributed by atoms with Crippen LogP contribution in [0.5, 0.6) is 0 Å². The van der Waals surface area contributed by atoms with Crippen molar-refractivity contribution in [3.8, 4) is 0 Å². The van der Waals surface area contributed by atoms with E-state index in [1.165, 1.54) is 0 Å². The molecule has 2 atom stereocenters. The smallest absolute Gasteiger partial charge is 0.248 e. The van der Waals surface area contributed by atoms with Gasteiger partial charge in [-0.05, 0) is 24.0 Å². The topological polar surface area (TPSA) is 49.3 Å². The molecule has 2 aliphatic carbocycles. The summed E-state index contributed by atoms with van der Waals surface area (Å²) in [5.74, 6) is -3.22. The Bertz CT molecular complexity index is 537. The van der Waals surface area contributed by atoms with E-state index >= 15 is 0 Å². The lowest BCUT2D eigenvalue weighted by Crippen LogP contribution is -2.40. The Morgan fingerprint density at radius 3 is 2.62 bits per heavy atom. The summed E-state index contributed by atoms with van der Waals surface area (Å²) in [7, 11) is 0. The van der Waals surface area contributed by atoms with Gasteiger partial charge >= 0.3 is 0 Å². The Hall–Kier alpha value is -1.49. The summed E-state index contributed by atoms with van der Waals surface area (Å²) in [5.41, 5.74) is 1.96. The average molecular weight is 295 g/mol. The lowest BCUT2D eigenvalue weighted by Gasteiger charge is -2.29. The molecule has 0 spiro atoms. The number of hydrogen-bond donors (Lipinski definition) is 2. The van der Waals surface area contributed by atoms with Crippen molar-refractivity contribution in [1.82, 2.24) is 5.32 Å². The first-order valence-electron chi connectivity index (χ1n) is 7.40. The van der Waals surface area contributed by atoms with Crippen molar-refractivity contribution in [2.24, 2.45) is 5.92 Å². The number of benzene rings is 1. The van der Waals surface area contributed by atoms with Crippen LogP contribution in [0.1, 0.15) is 42.9 Å². The van der Waals surface area contributed by atoms with Gasteiger partial charge in [-0.15, -0.1) is 0 Å². The molecule has 2 N–H and O–H groups in total. The van der Waals surface area contributed by atoms with Gasteiger partial charge in [0.05, 0.1) is 12.1 Å². The second-order valence-electron chi connectivity index (χ2n) is 6.09. The highest BCUT2D eigenvalue weighted by Gasteiger charge is 2.39. The number of carbonyl (C=O) groups excluding carboxylic acids is 1. The molecule has 114 valence electrons. The van der Waals surface area contributed by atoms with Crippen LogP contribution in [0.25, 0.3) is 0 Å². The van der Waals surface area contributed by atoms with Crippen LogP contribution in [0, 0.1) is 5.92 Å². The van der Waals surface area contributed by atoms with Crippen molar-refractivity contribution in [1.29, 1.82) is 0 Å². The standard InChI is InChI=1S/C16H19F2NO2/c17-16(18)7-5-10(6-8-16)15(21)19-14-12-4-2-1-3-11(12)9-13(14)20/h1-4,10,13-14,20H,5-9H2,(H,19,21)/t13-,14+/m0/s1. The van der Waals surface area contributed by atoms with E-state index in [9.17, 15) is 18.7 Å². The van der Waals surface area contributed by atoms with Crippen molar-refractivity contribution in [2.45, 2.75) is 50.2 Å². The molecule has 1 fully saturated rings. The zero-order valence-corrected chi connectivity index (χ0v) is 11.7. The van der Waals surface area contributed by atoms with Crippen LogP contribution in [-0.4, -0.2) is 23.0 Å². The summed E-state index contributed by atoms with van der Waals surface area (Å²) in [6.45, 7) is 0. The molecule has 0 radical (unpaired) electrons. The number of aliphatic hydroxyl groups is 1. The number of hydrogen-bond acceptors (Lipinski definition) is 2. The molecule has 0 aliphatic heterocycles. The normalized spacial score (nSPS) is 28.1. The van der Waals surface area contributed by atoms with E-state index in [0.29, 0.717) is 6.42 Å². The maximum atomic E-state index is 13.1. The van der Waals surface area contributed by atoms with Crippen molar-refractivity contribution in [2.75, 3.05) is 0 Å². The third-order valence-electron chi connectivity index (χ3n) is 4.59. The van der Waals surface area contributed by atoms with E-state index < -0.39 is 18.1 Å². The number of carbonyl (C=O) groups is 1. The molecule has 3 rings (SSSR count). The number of nitrogens with one attached hydrogen (secondary N) is 1. The summed E-state index contributed by atoms with van der Waals surface area (Å²) in [4.78, 5) is 12.3. The number of halogens is 2. The summed E-state index contributed by atoms with van der Waals surface area (Å²) in [6, 6.07) is 7.18. The Balaban J connectivity index is 1.66. The highest BCUT2D eigenvalue weighted by molar-refractivity contribution is 5.79. The van der Waals surface area contributed by atoms with Crippen LogP contribution in [0.2, 0.25) is 0 Å². The summed E-state index contributed by atoms with van der Waals surface area (Å²) >= 11 is 0. The Morgan fingerprint density at radius 1 is 1.24 bits per heavy atom. The zero-order valence-electron chi connectivity index (χ0n) is 11.7. The van der Waals surface area contributed by atoms with Crippen LogP contribution >= 0.6 is 0 Å². The molecule has 0 heterocycles. The van der Waals surface area contributed by atoms with Gasteiger partial charge in [-0.1, -0.05) is 24.3 Å².